The van der Waals surface area contributed by atoms with Crippen LogP contribution >= 0.6 is 23.1 Å². The number of hydrogen-bond donors (Lipinski definition) is 0. The fourth-order valence-electron chi connectivity index (χ4n) is 4.09. The second-order valence-corrected chi connectivity index (χ2v) is 10.6. The number of rotatable bonds is 7. The predicted octanol–water partition coefficient (Wildman–Crippen LogP) is 3.40. The monoisotopic (exact) mass is 547 g/mol. The minimum Gasteiger partial charge on any atom is -0.463 e. The Bertz CT molecular complexity index is 1690. The molecule has 5 rings (SSSR count). The van der Waals surface area contributed by atoms with E-state index in [1.54, 1.807) is 49.0 Å². The summed E-state index contributed by atoms with van der Waals surface area (Å²) in [5.74, 6) is 0.0301. The molecule has 1 atom stereocenters. The Balaban J connectivity index is 1.58. The highest BCUT2D eigenvalue weighted by Gasteiger charge is 2.33. The van der Waals surface area contributed by atoms with Gasteiger partial charge in [-0.2, -0.15) is 0 Å². The van der Waals surface area contributed by atoms with Crippen LogP contribution in [0.15, 0.2) is 90.6 Å². The van der Waals surface area contributed by atoms with Crippen LogP contribution in [0.2, 0.25) is 0 Å². The maximum absolute atomic E-state index is 13.7. The zero-order valence-corrected chi connectivity index (χ0v) is 22.9. The molecule has 0 saturated carbocycles. The van der Waals surface area contributed by atoms with E-state index in [1.165, 1.54) is 23.1 Å². The molecule has 0 bridgehead atoms. The van der Waals surface area contributed by atoms with Crippen LogP contribution < -0.4 is 19.8 Å². The second-order valence-electron chi connectivity index (χ2n) is 8.58. The molecule has 4 heterocycles. The zero-order chi connectivity index (χ0) is 26.8. The van der Waals surface area contributed by atoms with Crippen molar-refractivity contribution in [3.63, 3.8) is 0 Å². The van der Waals surface area contributed by atoms with E-state index in [1.807, 2.05) is 49.3 Å². The van der Waals surface area contributed by atoms with Gasteiger partial charge in [-0.25, -0.2) is 19.8 Å². The predicted molar refractivity (Wildman–Crippen MR) is 146 cm³/mol. The first-order valence-corrected chi connectivity index (χ1v) is 13.5. The molecular weight excluding hydrogens is 522 g/mol. The number of benzene rings is 1. The molecule has 0 amide bonds. The number of nitrogens with zero attached hydrogens (tertiary/aromatic N) is 5. The molecule has 1 aliphatic rings. The lowest BCUT2D eigenvalue weighted by Gasteiger charge is -2.25. The first kappa shape index (κ1) is 25.7. The van der Waals surface area contributed by atoms with E-state index in [4.69, 9.17) is 9.15 Å². The number of esters is 1. The summed E-state index contributed by atoms with van der Waals surface area (Å²) in [5.41, 5.74) is 2.41. The minimum absolute atomic E-state index is 0.221. The van der Waals surface area contributed by atoms with Gasteiger partial charge in [0.1, 0.15) is 5.76 Å². The molecule has 0 radical (unpaired) electrons. The summed E-state index contributed by atoms with van der Waals surface area (Å²) in [7, 11) is 3.91. The average Bonchev–Trinajstić information content (AvgIpc) is 3.47. The van der Waals surface area contributed by atoms with Crippen molar-refractivity contribution in [3.8, 4) is 0 Å². The first-order valence-electron chi connectivity index (χ1n) is 11.9. The Morgan fingerprint density at radius 2 is 1.92 bits per heavy atom. The lowest BCUT2D eigenvalue weighted by atomic mass is 9.95. The summed E-state index contributed by atoms with van der Waals surface area (Å²) in [6.45, 7) is 3.75. The van der Waals surface area contributed by atoms with Crippen LogP contribution in [0, 0.1) is 0 Å². The third kappa shape index (κ3) is 5.07. The van der Waals surface area contributed by atoms with E-state index in [2.05, 4.69) is 15.0 Å². The van der Waals surface area contributed by atoms with Gasteiger partial charge in [0.25, 0.3) is 5.56 Å². The van der Waals surface area contributed by atoms with Crippen LogP contribution in [0.25, 0.3) is 6.08 Å². The Morgan fingerprint density at radius 1 is 1.18 bits per heavy atom. The highest BCUT2D eigenvalue weighted by Crippen LogP contribution is 2.32. The Labute approximate surface area is 226 Å². The second kappa shape index (κ2) is 10.8. The smallest absolute Gasteiger partial charge is 0.338 e. The first-order chi connectivity index (χ1) is 18.4. The lowest BCUT2D eigenvalue weighted by molar-refractivity contribution is -0.139. The van der Waals surface area contributed by atoms with Gasteiger partial charge in [0.2, 0.25) is 0 Å². The maximum Gasteiger partial charge on any atom is 0.338 e. The summed E-state index contributed by atoms with van der Waals surface area (Å²) in [6, 6.07) is 12.5. The molecule has 0 N–H and O–H groups in total. The summed E-state index contributed by atoms with van der Waals surface area (Å²) in [6.07, 6.45) is 5.02. The molecular formula is C27H25N5O4S2. The number of carbonyl (C=O) groups excluding carboxylic acids is 1. The zero-order valence-electron chi connectivity index (χ0n) is 21.2. The highest BCUT2D eigenvalue weighted by atomic mass is 32.2. The van der Waals surface area contributed by atoms with Crippen molar-refractivity contribution in [2.45, 2.75) is 30.1 Å². The molecule has 9 nitrogen and oxygen atoms in total. The van der Waals surface area contributed by atoms with E-state index < -0.39 is 12.0 Å². The van der Waals surface area contributed by atoms with Gasteiger partial charge in [0, 0.05) is 38.3 Å². The van der Waals surface area contributed by atoms with Crippen molar-refractivity contribution < 1.29 is 13.9 Å². The third-order valence-electron chi connectivity index (χ3n) is 5.85. The molecule has 1 aliphatic heterocycles. The maximum atomic E-state index is 13.7. The van der Waals surface area contributed by atoms with Crippen LogP contribution in [0.5, 0.6) is 0 Å². The van der Waals surface area contributed by atoms with Crippen molar-refractivity contribution >= 4 is 40.8 Å². The third-order valence-corrected chi connectivity index (χ3v) is 7.65. The molecule has 1 aromatic carbocycles. The number of aromatic nitrogens is 3. The van der Waals surface area contributed by atoms with Crippen molar-refractivity contribution in [2.75, 3.05) is 25.6 Å². The summed E-state index contributed by atoms with van der Waals surface area (Å²) in [4.78, 5) is 42.3. The van der Waals surface area contributed by atoms with Gasteiger partial charge >= 0.3 is 5.97 Å². The van der Waals surface area contributed by atoms with Gasteiger partial charge in [0.05, 0.1) is 28.5 Å². The number of furan rings is 1. The Hall–Kier alpha value is -3.96. The van der Waals surface area contributed by atoms with E-state index in [-0.39, 0.29) is 12.2 Å². The van der Waals surface area contributed by atoms with Crippen molar-refractivity contribution in [1.29, 1.82) is 0 Å². The SMILES string of the molecule is CCOC(=O)C1=C(C)N=c2s/c(=C/c3ccc(Sc4ncccn4)o3)c(=O)n2[C@@H]1c1ccc(N(C)C)cc1. The van der Waals surface area contributed by atoms with Gasteiger partial charge in [0.15, 0.2) is 15.1 Å². The molecule has 0 saturated heterocycles. The highest BCUT2D eigenvalue weighted by molar-refractivity contribution is 7.99. The lowest BCUT2D eigenvalue weighted by Crippen LogP contribution is -2.39. The van der Waals surface area contributed by atoms with Gasteiger partial charge in [-0.3, -0.25) is 9.36 Å². The number of anilines is 1. The number of hydrogen-bond acceptors (Lipinski definition) is 10. The summed E-state index contributed by atoms with van der Waals surface area (Å²) in [5, 5.41) is 1.17. The molecule has 38 heavy (non-hydrogen) atoms. The molecule has 3 aromatic heterocycles. The number of ether oxygens (including phenoxy) is 1. The normalized spacial score (nSPS) is 15.3. The molecule has 11 heteroatoms. The van der Waals surface area contributed by atoms with Crippen molar-refractivity contribution in [3.05, 3.63) is 97.1 Å². The van der Waals surface area contributed by atoms with Gasteiger partial charge < -0.3 is 14.1 Å². The number of fused-ring (bicyclic) bond motifs is 1. The van der Waals surface area contributed by atoms with Gasteiger partial charge in [-0.1, -0.05) is 23.5 Å². The number of carbonyl (C=O) groups is 1. The molecule has 0 fully saturated rings. The molecule has 194 valence electrons. The van der Waals surface area contributed by atoms with Gasteiger partial charge in [-0.15, -0.1) is 0 Å². The summed E-state index contributed by atoms with van der Waals surface area (Å²) >= 11 is 2.54. The van der Waals surface area contributed by atoms with Crippen LogP contribution in [0.1, 0.15) is 31.2 Å². The number of thiazole rings is 1. The van der Waals surface area contributed by atoms with Crippen LogP contribution in [0.4, 0.5) is 5.69 Å². The van der Waals surface area contributed by atoms with Crippen LogP contribution in [0.3, 0.4) is 0 Å². The topological polar surface area (TPSA) is 103 Å². The average molecular weight is 548 g/mol. The van der Waals surface area contributed by atoms with E-state index >= 15 is 0 Å². The van der Waals surface area contributed by atoms with E-state index in [0.29, 0.717) is 36.6 Å². The standard InChI is InChI=1S/C27H25N5O4S2/c1-5-35-25(34)22-16(2)30-27-32(23(22)17-7-9-18(10-8-17)31(3)4)24(33)20(37-27)15-19-11-12-21(36-19)38-26-28-13-6-14-29-26/h6-15,23H,5H2,1-4H3/b20-15+/t23-/m1/s1. The minimum atomic E-state index is -0.665. The Morgan fingerprint density at radius 3 is 2.61 bits per heavy atom. The van der Waals surface area contributed by atoms with Crippen LogP contribution in [-0.2, 0) is 9.53 Å². The van der Waals surface area contributed by atoms with E-state index in [9.17, 15) is 9.59 Å². The molecule has 0 aliphatic carbocycles. The fraction of sp³-hybridized carbons (Fsp3) is 0.222. The van der Waals surface area contributed by atoms with Crippen LogP contribution in [-0.4, -0.2) is 41.2 Å². The van der Waals surface area contributed by atoms with E-state index in [0.717, 1.165) is 11.3 Å². The van der Waals surface area contributed by atoms with Gasteiger partial charge in [-0.05, 0) is 61.5 Å². The number of allylic oxidation sites excluding steroid dienone is 1. The fourth-order valence-corrected chi connectivity index (χ4v) is 5.79. The quantitative estimate of drug-likeness (QED) is 0.256. The molecule has 4 aromatic rings. The molecule has 0 spiro atoms. The Kier molecular flexibility index (Phi) is 7.30. The van der Waals surface area contributed by atoms with Crippen molar-refractivity contribution in [1.82, 2.24) is 14.5 Å². The summed E-state index contributed by atoms with van der Waals surface area (Å²) < 4.78 is 13.3. The largest absolute Gasteiger partial charge is 0.463 e. The molecule has 0 unspecified atom stereocenters. The van der Waals surface area contributed by atoms with Crippen molar-refractivity contribution in [2.24, 2.45) is 4.99 Å².